The molecular formula is C18H18N4O. The highest BCUT2D eigenvalue weighted by atomic mass is 16.1. The third kappa shape index (κ3) is 3.13. The Morgan fingerprint density at radius 3 is 2.70 bits per heavy atom. The highest BCUT2D eigenvalue weighted by molar-refractivity contribution is 5.91. The molecule has 0 aliphatic rings. The van der Waals surface area contributed by atoms with Gasteiger partial charge in [-0.05, 0) is 47.9 Å². The summed E-state index contributed by atoms with van der Waals surface area (Å²) in [5, 5.41) is 6.74. The summed E-state index contributed by atoms with van der Waals surface area (Å²) in [4.78, 5) is 19.9. The molecule has 5 nitrogen and oxygen atoms in total. The monoisotopic (exact) mass is 306 g/mol. The second-order valence-corrected chi connectivity index (χ2v) is 5.43. The Labute approximate surface area is 134 Å². The number of benzene rings is 2. The van der Waals surface area contributed by atoms with Gasteiger partial charge in [0.05, 0.1) is 5.52 Å². The van der Waals surface area contributed by atoms with Crippen LogP contribution in [0.3, 0.4) is 0 Å². The van der Waals surface area contributed by atoms with Gasteiger partial charge in [-0.3, -0.25) is 4.79 Å². The number of anilines is 2. The SMILES string of the molecule is CNc1ncc2cc(-c3cc(NC(C)=O)ccc3C)ccc2n1. The summed E-state index contributed by atoms with van der Waals surface area (Å²) in [5.41, 5.74) is 4.98. The average molecular weight is 306 g/mol. The molecule has 2 N–H and O–H groups in total. The molecule has 0 unspecified atom stereocenters. The van der Waals surface area contributed by atoms with E-state index in [2.05, 4.69) is 33.6 Å². The molecule has 0 atom stereocenters. The zero-order valence-electron chi connectivity index (χ0n) is 13.3. The molecule has 3 rings (SSSR count). The Kier molecular flexibility index (Phi) is 3.93. The first kappa shape index (κ1) is 15.0. The van der Waals surface area contributed by atoms with E-state index in [0.29, 0.717) is 5.95 Å². The maximum absolute atomic E-state index is 11.2. The third-order valence-electron chi connectivity index (χ3n) is 3.67. The summed E-state index contributed by atoms with van der Waals surface area (Å²) in [6.07, 6.45) is 1.81. The summed E-state index contributed by atoms with van der Waals surface area (Å²) in [5.74, 6) is 0.528. The largest absolute Gasteiger partial charge is 0.357 e. The Morgan fingerprint density at radius 1 is 1.13 bits per heavy atom. The number of hydrogen-bond acceptors (Lipinski definition) is 4. The van der Waals surface area contributed by atoms with Crippen LogP contribution in [0.5, 0.6) is 0 Å². The number of carbonyl (C=O) groups excluding carboxylic acids is 1. The van der Waals surface area contributed by atoms with Gasteiger partial charge in [-0.1, -0.05) is 12.1 Å². The molecule has 0 aliphatic heterocycles. The van der Waals surface area contributed by atoms with Gasteiger partial charge in [-0.15, -0.1) is 0 Å². The predicted octanol–water partition coefficient (Wildman–Crippen LogP) is 3.61. The lowest BCUT2D eigenvalue weighted by Gasteiger charge is -2.10. The van der Waals surface area contributed by atoms with Crippen molar-refractivity contribution >= 4 is 28.4 Å². The van der Waals surface area contributed by atoms with Crippen LogP contribution in [-0.4, -0.2) is 22.9 Å². The van der Waals surface area contributed by atoms with Crippen molar-refractivity contribution in [1.29, 1.82) is 0 Å². The fourth-order valence-corrected chi connectivity index (χ4v) is 2.54. The van der Waals surface area contributed by atoms with Crippen LogP contribution in [-0.2, 0) is 4.79 Å². The van der Waals surface area contributed by atoms with Gasteiger partial charge in [0, 0.05) is 31.2 Å². The van der Waals surface area contributed by atoms with Crippen molar-refractivity contribution in [3.8, 4) is 11.1 Å². The molecule has 1 aromatic heterocycles. The summed E-state index contributed by atoms with van der Waals surface area (Å²) < 4.78 is 0. The van der Waals surface area contributed by atoms with E-state index in [1.54, 1.807) is 7.05 Å². The summed E-state index contributed by atoms with van der Waals surface area (Å²) in [7, 11) is 1.80. The molecule has 0 fully saturated rings. The molecule has 1 heterocycles. The van der Waals surface area contributed by atoms with E-state index in [9.17, 15) is 4.79 Å². The Morgan fingerprint density at radius 2 is 1.96 bits per heavy atom. The topological polar surface area (TPSA) is 66.9 Å². The van der Waals surface area contributed by atoms with E-state index in [4.69, 9.17) is 0 Å². The number of hydrogen-bond donors (Lipinski definition) is 2. The van der Waals surface area contributed by atoms with Crippen LogP contribution >= 0.6 is 0 Å². The molecule has 0 spiro atoms. The molecule has 23 heavy (non-hydrogen) atoms. The van der Waals surface area contributed by atoms with Crippen molar-refractivity contribution in [3.05, 3.63) is 48.2 Å². The fourth-order valence-electron chi connectivity index (χ4n) is 2.54. The second-order valence-electron chi connectivity index (χ2n) is 5.43. The van der Waals surface area contributed by atoms with Crippen molar-refractivity contribution in [1.82, 2.24) is 9.97 Å². The van der Waals surface area contributed by atoms with Crippen LogP contribution in [0.4, 0.5) is 11.6 Å². The van der Waals surface area contributed by atoms with Crippen molar-refractivity contribution in [2.45, 2.75) is 13.8 Å². The van der Waals surface area contributed by atoms with Crippen LogP contribution in [0, 0.1) is 6.92 Å². The molecular weight excluding hydrogens is 288 g/mol. The van der Waals surface area contributed by atoms with Gasteiger partial charge in [0.2, 0.25) is 11.9 Å². The minimum Gasteiger partial charge on any atom is -0.357 e. The van der Waals surface area contributed by atoms with E-state index in [1.165, 1.54) is 6.92 Å². The molecule has 1 amide bonds. The predicted molar refractivity (Wildman–Crippen MR) is 93.6 cm³/mol. The summed E-state index contributed by atoms with van der Waals surface area (Å²) in [6.45, 7) is 3.56. The van der Waals surface area contributed by atoms with Crippen LogP contribution in [0.2, 0.25) is 0 Å². The Hall–Kier alpha value is -2.95. The van der Waals surface area contributed by atoms with E-state index in [-0.39, 0.29) is 5.91 Å². The molecule has 3 aromatic rings. The van der Waals surface area contributed by atoms with Gasteiger partial charge in [0.15, 0.2) is 0 Å². The molecule has 0 saturated heterocycles. The zero-order chi connectivity index (χ0) is 16.4. The number of nitrogens with one attached hydrogen (secondary N) is 2. The maximum atomic E-state index is 11.2. The lowest BCUT2D eigenvalue weighted by atomic mass is 9.98. The molecule has 0 aliphatic carbocycles. The number of amides is 1. The zero-order valence-corrected chi connectivity index (χ0v) is 13.3. The Balaban J connectivity index is 2.07. The molecule has 5 heteroatoms. The first-order valence-electron chi connectivity index (χ1n) is 7.40. The normalized spacial score (nSPS) is 10.6. The number of aryl methyl sites for hydroxylation is 1. The third-order valence-corrected chi connectivity index (χ3v) is 3.67. The van der Waals surface area contributed by atoms with Gasteiger partial charge in [-0.2, -0.15) is 0 Å². The fraction of sp³-hybridized carbons (Fsp3) is 0.167. The minimum absolute atomic E-state index is 0.0775. The Bertz CT molecular complexity index is 889. The quantitative estimate of drug-likeness (QED) is 0.776. The van der Waals surface area contributed by atoms with E-state index >= 15 is 0 Å². The number of carbonyl (C=O) groups is 1. The van der Waals surface area contributed by atoms with Gasteiger partial charge < -0.3 is 10.6 Å². The summed E-state index contributed by atoms with van der Waals surface area (Å²) >= 11 is 0. The minimum atomic E-state index is -0.0775. The van der Waals surface area contributed by atoms with Crippen LogP contribution < -0.4 is 10.6 Å². The highest BCUT2D eigenvalue weighted by Crippen LogP contribution is 2.29. The lowest BCUT2D eigenvalue weighted by Crippen LogP contribution is -2.05. The van der Waals surface area contributed by atoms with Crippen molar-refractivity contribution in [2.75, 3.05) is 17.7 Å². The molecule has 0 radical (unpaired) electrons. The second kappa shape index (κ2) is 6.04. The number of fused-ring (bicyclic) bond motifs is 1. The van der Waals surface area contributed by atoms with Gasteiger partial charge in [0.25, 0.3) is 0 Å². The van der Waals surface area contributed by atoms with Crippen LogP contribution in [0.25, 0.3) is 22.0 Å². The van der Waals surface area contributed by atoms with Crippen molar-refractivity contribution in [2.24, 2.45) is 0 Å². The van der Waals surface area contributed by atoms with Crippen molar-refractivity contribution < 1.29 is 4.79 Å². The molecule has 0 saturated carbocycles. The van der Waals surface area contributed by atoms with Gasteiger partial charge in [-0.25, -0.2) is 9.97 Å². The van der Waals surface area contributed by atoms with Gasteiger partial charge in [0.1, 0.15) is 0 Å². The average Bonchev–Trinajstić information content (AvgIpc) is 2.55. The summed E-state index contributed by atoms with van der Waals surface area (Å²) in [6, 6.07) is 12.0. The van der Waals surface area contributed by atoms with Crippen LogP contribution in [0.15, 0.2) is 42.6 Å². The molecule has 0 bridgehead atoms. The van der Waals surface area contributed by atoms with Gasteiger partial charge >= 0.3 is 0 Å². The standard InChI is InChI=1S/C18H18N4O/c1-11-4-6-15(21-12(2)23)9-16(11)13-5-7-17-14(8-13)10-20-18(19-3)22-17/h4-10H,1-3H3,(H,21,23)(H,19,20,22). The molecule has 116 valence electrons. The van der Waals surface area contributed by atoms with E-state index in [1.807, 2.05) is 36.5 Å². The molecule has 2 aromatic carbocycles. The highest BCUT2D eigenvalue weighted by Gasteiger charge is 2.07. The van der Waals surface area contributed by atoms with Crippen molar-refractivity contribution in [3.63, 3.8) is 0 Å². The van der Waals surface area contributed by atoms with Crippen LogP contribution in [0.1, 0.15) is 12.5 Å². The first-order chi connectivity index (χ1) is 11.1. The van der Waals surface area contributed by atoms with E-state index in [0.717, 1.165) is 33.3 Å². The lowest BCUT2D eigenvalue weighted by molar-refractivity contribution is -0.114. The first-order valence-corrected chi connectivity index (χ1v) is 7.40. The number of rotatable bonds is 3. The van der Waals surface area contributed by atoms with E-state index < -0.39 is 0 Å². The number of aromatic nitrogens is 2. The maximum Gasteiger partial charge on any atom is 0.222 e. The number of nitrogens with zero attached hydrogens (tertiary/aromatic N) is 2. The smallest absolute Gasteiger partial charge is 0.222 e.